The van der Waals surface area contributed by atoms with E-state index in [1.165, 1.54) is 0 Å². The van der Waals surface area contributed by atoms with Gasteiger partial charge >= 0.3 is 0 Å². The molecule has 5 nitrogen and oxygen atoms in total. The summed E-state index contributed by atoms with van der Waals surface area (Å²) in [5, 5.41) is 12.8. The van der Waals surface area contributed by atoms with E-state index in [-0.39, 0.29) is 18.3 Å². The van der Waals surface area contributed by atoms with Gasteiger partial charge in [-0.3, -0.25) is 0 Å². The predicted molar refractivity (Wildman–Crippen MR) is 65.1 cm³/mol. The fourth-order valence-electron chi connectivity index (χ4n) is 1.66. The number of hydrogen-bond donors (Lipinski definition) is 2. The Morgan fingerprint density at radius 2 is 2.12 bits per heavy atom. The van der Waals surface area contributed by atoms with Crippen molar-refractivity contribution < 1.29 is 19.3 Å². The smallest absolute Gasteiger partial charge is 0.101 e. The van der Waals surface area contributed by atoms with Gasteiger partial charge in [-0.1, -0.05) is 0 Å². The Morgan fingerprint density at radius 1 is 1.35 bits per heavy atom. The van der Waals surface area contributed by atoms with Gasteiger partial charge in [0.2, 0.25) is 0 Å². The molecule has 5 heteroatoms. The van der Waals surface area contributed by atoms with Crippen LogP contribution in [0, 0.1) is 0 Å². The number of rotatable bonds is 7. The highest BCUT2D eigenvalue weighted by atomic mass is 16.5. The standard InChI is InChI=1S/C12H25NO4/c1-9(2)16-7-11(14)6-15-8-12-5-13-4-10(3)17-12/h9-14H,4-8H2,1-3H3. The Hall–Kier alpha value is -0.200. The molecule has 3 atom stereocenters. The Morgan fingerprint density at radius 3 is 2.76 bits per heavy atom. The molecule has 2 N–H and O–H groups in total. The molecule has 102 valence electrons. The molecule has 1 heterocycles. The van der Waals surface area contributed by atoms with Crippen LogP contribution in [0.4, 0.5) is 0 Å². The molecule has 0 aromatic rings. The number of ether oxygens (including phenoxy) is 3. The van der Waals surface area contributed by atoms with E-state index in [0.29, 0.717) is 19.8 Å². The van der Waals surface area contributed by atoms with Crippen LogP contribution >= 0.6 is 0 Å². The number of aliphatic hydroxyl groups excluding tert-OH is 1. The molecular formula is C12H25NO4. The lowest BCUT2D eigenvalue weighted by Crippen LogP contribution is -2.45. The maximum Gasteiger partial charge on any atom is 0.101 e. The molecule has 1 fully saturated rings. The largest absolute Gasteiger partial charge is 0.388 e. The monoisotopic (exact) mass is 247 g/mol. The minimum Gasteiger partial charge on any atom is -0.388 e. The van der Waals surface area contributed by atoms with Gasteiger partial charge in [-0.05, 0) is 20.8 Å². The summed E-state index contributed by atoms with van der Waals surface area (Å²) in [6, 6.07) is 0. The number of aliphatic hydroxyl groups is 1. The van der Waals surface area contributed by atoms with Crippen molar-refractivity contribution >= 4 is 0 Å². The summed E-state index contributed by atoms with van der Waals surface area (Å²) in [7, 11) is 0. The minimum absolute atomic E-state index is 0.0805. The summed E-state index contributed by atoms with van der Waals surface area (Å²) in [5.41, 5.74) is 0. The molecule has 0 aromatic carbocycles. The molecule has 0 aromatic heterocycles. The molecular weight excluding hydrogens is 222 g/mol. The summed E-state index contributed by atoms with van der Waals surface area (Å²) < 4.78 is 16.4. The lowest BCUT2D eigenvalue weighted by atomic mass is 10.2. The van der Waals surface area contributed by atoms with Crippen LogP contribution in [-0.4, -0.2) is 62.4 Å². The zero-order chi connectivity index (χ0) is 12.7. The first-order chi connectivity index (χ1) is 8.08. The molecule has 0 radical (unpaired) electrons. The van der Waals surface area contributed by atoms with Crippen LogP contribution in [0.25, 0.3) is 0 Å². The summed E-state index contributed by atoms with van der Waals surface area (Å²) in [6.45, 7) is 8.73. The van der Waals surface area contributed by atoms with Crippen molar-refractivity contribution in [3.05, 3.63) is 0 Å². The summed E-state index contributed by atoms with van der Waals surface area (Å²) >= 11 is 0. The Labute approximate surface area is 103 Å². The first-order valence-electron chi connectivity index (χ1n) is 6.31. The molecule has 0 amide bonds. The van der Waals surface area contributed by atoms with E-state index >= 15 is 0 Å². The number of nitrogens with one attached hydrogen (secondary N) is 1. The van der Waals surface area contributed by atoms with Crippen molar-refractivity contribution in [1.29, 1.82) is 0 Å². The van der Waals surface area contributed by atoms with Gasteiger partial charge in [-0.2, -0.15) is 0 Å². The average Bonchev–Trinajstić information content (AvgIpc) is 2.26. The second kappa shape index (κ2) is 8.00. The minimum atomic E-state index is -0.564. The van der Waals surface area contributed by atoms with Gasteiger partial charge < -0.3 is 24.6 Å². The second-order valence-electron chi connectivity index (χ2n) is 4.80. The van der Waals surface area contributed by atoms with Crippen molar-refractivity contribution in [1.82, 2.24) is 5.32 Å². The second-order valence-corrected chi connectivity index (χ2v) is 4.80. The van der Waals surface area contributed by atoms with Crippen molar-refractivity contribution in [3.8, 4) is 0 Å². The van der Waals surface area contributed by atoms with Gasteiger partial charge in [0.1, 0.15) is 6.10 Å². The average molecular weight is 247 g/mol. The van der Waals surface area contributed by atoms with Crippen LogP contribution in [0.2, 0.25) is 0 Å². The maximum atomic E-state index is 9.57. The third-order valence-electron chi connectivity index (χ3n) is 2.46. The van der Waals surface area contributed by atoms with Gasteiger partial charge in [0.25, 0.3) is 0 Å². The van der Waals surface area contributed by atoms with Crippen LogP contribution in [0.15, 0.2) is 0 Å². The van der Waals surface area contributed by atoms with E-state index in [0.717, 1.165) is 13.1 Å². The quantitative estimate of drug-likeness (QED) is 0.671. The van der Waals surface area contributed by atoms with E-state index in [1.807, 2.05) is 20.8 Å². The third-order valence-corrected chi connectivity index (χ3v) is 2.46. The zero-order valence-corrected chi connectivity index (χ0v) is 11.0. The van der Waals surface area contributed by atoms with E-state index in [2.05, 4.69) is 5.32 Å². The molecule has 0 aliphatic carbocycles. The highest BCUT2D eigenvalue weighted by Gasteiger charge is 2.19. The Kier molecular flexibility index (Phi) is 6.99. The van der Waals surface area contributed by atoms with Crippen molar-refractivity contribution in [2.24, 2.45) is 0 Å². The van der Waals surface area contributed by atoms with Gasteiger partial charge in [0, 0.05) is 13.1 Å². The molecule has 0 saturated carbocycles. The van der Waals surface area contributed by atoms with Crippen LogP contribution in [-0.2, 0) is 14.2 Å². The topological polar surface area (TPSA) is 60.0 Å². The van der Waals surface area contributed by atoms with Gasteiger partial charge in [-0.25, -0.2) is 0 Å². The fourth-order valence-corrected chi connectivity index (χ4v) is 1.66. The van der Waals surface area contributed by atoms with Crippen LogP contribution in [0.1, 0.15) is 20.8 Å². The molecule has 1 aliphatic heterocycles. The molecule has 0 bridgehead atoms. The van der Waals surface area contributed by atoms with Gasteiger partial charge in [-0.15, -0.1) is 0 Å². The number of morpholine rings is 1. The Bertz CT molecular complexity index is 201. The van der Waals surface area contributed by atoms with Crippen molar-refractivity contribution in [2.45, 2.75) is 45.2 Å². The predicted octanol–water partition coefficient (Wildman–Crippen LogP) is 0.166. The molecule has 1 aliphatic rings. The van der Waals surface area contributed by atoms with Gasteiger partial charge in [0.05, 0.1) is 38.1 Å². The highest BCUT2D eigenvalue weighted by molar-refractivity contribution is 4.71. The molecule has 1 saturated heterocycles. The summed E-state index contributed by atoms with van der Waals surface area (Å²) in [6.07, 6.45) is -0.119. The maximum absolute atomic E-state index is 9.57. The first kappa shape index (κ1) is 14.9. The van der Waals surface area contributed by atoms with E-state index in [9.17, 15) is 5.11 Å². The van der Waals surface area contributed by atoms with E-state index in [1.54, 1.807) is 0 Å². The van der Waals surface area contributed by atoms with Gasteiger partial charge in [0.15, 0.2) is 0 Å². The summed E-state index contributed by atoms with van der Waals surface area (Å²) in [5.74, 6) is 0. The number of hydrogen-bond acceptors (Lipinski definition) is 5. The lowest BCUT2D eigenvalue weighted by molar-refractivity contribution is -0.0892. The molecule has 1 rings (SSSR count). The SMILES string of the molecule is CC(C)OCC(O)COCC1CNCC(C)O1. The molecule has 17 heavy (non-hydrogen) atoms. The van der Waals surface area contributed by atoms with E-state index in [4.69, 9.17) is 14.2 Å². The van der Waals surface area contributed by atoms with Crippen molar-refractivity contribution in [2.75, 3.05) is 32.9 Å². The third kappa shape index (κ3) is 6.95. The van der Waals surface area contributed by atoms with E-state index < -0.39 is 6.10 Å². The van der Waals surface area contributed by atoms with Crippen LogP contribution in [0.3, 0.4) is 0 Å². The fraction of sp³-hybridized carbons (Fsp3) is 1.00. The zero-order valence-electron chi connectivity index (χ0n) is 11.0. The summed E-state index contributed by atoms with van der Waals surface area (Å²) in [4.78, 5) is 0. The highest BCUT2D eigenvalue weighted by Crippen LogP contribution is 2.04. The Balaban J connectivity index is 2.02. The normalized spacial score (nSPS) is 27.4. The first-order valence-corrected chi connectivity index (χ1v) is 6.31. The van der Waals surface area contributed by atoms with Crippen LogP contribution in [0.5, 0.6) is 0 Å². The van der Waals surface area contributed by atoms with Crippen molar-refractivity contribution in [3.63, 3.8) is 0 Å². The molecule has 0 spiro atoms. The van der Waals surface area contributed by atoms with Crippen LogP contribution < -0.4 is 5.32 Å². The molecule has 3 unspecified atom stereocenters. The lowest BCUT2D eigenvalue weighted by Gasteiger charge is -2.28.